The summed E-state index contributed by atoms with van der Waals surface area (Å²) in [7, 11) is 0. The Bertz CT molecular complexity index is 372. The van der Waals surface area contributed by atoms with Crippen molar-refractivity contribution in [3.63, 3.8) is 0 Å². The summed E-state index contributed by atoms with van der Waals surface area (Å²) in [5.74, 6) is 0.373. The molecule has 1 fully saturated rings. The molecule has 0 aliphatic heterocycles. The molecular formula is C14H23N3O3. The molecule has 0 radical (unpaired) electrons. The molecule has 2 amide bonds. The van der Waals surface area contributed by atoms with E-state index < -0.39 is 12.1 Å². The summed E-state index contributed by atoms with van der Waals surface area (Å²) >= 11 is 0. The third-order valence-electron chi connectivity index (χ3n) is 3.33. The molecule has 1 atom stereocenters. The summed E-state index contributed by atoms with van der Waals surface area (Å²) in [6, 6.07) is 1.18. The summed E-state index contributed by atoms with van der Waals surface area (Å²) in [6.07, 6.45) is 3.35. The zero-order valence-electron chi connectivity index (χ0n) is 12.1. The van der Waals surface area contributed by atoms with Gasteiger partial charge < -0.3 is 15.4 Å². The van der Waals surface area contributed by atoms with Crippen LogP contribution < -0.4 is 10.6 Å². The molecule has 0 aromatic heterocycles. The van der Waals surface area contributed by atoms with Crippen LogP contribution in [0.5, 0.6) is 0 Å². The Balaban J connectivity index is 2.39. The Morgan fingerprint density at radius 3 is 2.60 bits per heavy atom. The number of hydrogen-bond acceptors (Lipinski definition) is 4. The number of carbonyl (C=O) groups is 2. The summed E-state index contributed by atoms with van der Waals surface area (Å²) < 4.78 is 5.12. The molecule has 2 N–H and O–H groups in total. The first-order valence-corrected chi connectivity index (χ1v) is 7.11. The first kappa shape index (κ1) is 16.3. The summed E-state index contributed by atoms with van der Waals surface area (Å²) in [5, 5.41) is 13.5. The average Bonchev–Trinajstić information content (AvgIpc) is 2.32. The van der Waals surface area contributed by atoms with E-state index in [0.717, 1.165) is 12.8 Å². The Morgan fingerprint density at radius 2 is 2.10 bits per heavy atom. The van der Waals surface area contributed by atoms with E-state index in [4.69, 9.17) is 10.00 Å². The molecule has 20 heavy (non-hydrogen) atoms. The molecule has 0 bridgehead atoms. The Kier molecular flexibility index (Phi) is 6.85. The lowest BCUT2D eigenvalue weighted by Crippen LogP contribution is -2.48. The predicted molar refractivity (Wildman–Crippen MR) is 73.7 cm³/mol. The van der Waals surface area contributed by atoms with Crippen LogP contribution in [-0.4, -0.2) is 31.2 Å². The van der Waals surface area contributed by atoms with E-state index in [9.17, 15) is 9.59 Å². The van der Waals surface area contributed by atoms with E-state index in [0.29, 0.717) is 18.9 Å². The molecule has 0 unspecified atom stereocenters. The van der Waals surface area contributed by atoms with Crippen LogP contribution in [0.3, 0.4) is 0 Å². The van der Waals surface area contributed by atoms with Crippen molar-refractivity contribution in [1.82, 2.24) is 10.6 Å². The van der Waals surface area contributed by atoms with Crippen molar-refractivity contribution >= 4 is 12.0 Å². The van der Waals surface area contributed by atoms with E-state index in [1.165, 1.54) is 6.42 Å². The van der Waals surface area contributed by atoms with Crippen LogP contribution in [0.2, 0.25) is 0 Å². The van der Waals surface area contributed by atoms with E-state index in [-0.39, 0.29) is 18.4 Å². The van der Waals surface area contributed by atoms with Crippen LogP contribution in [0.4, 0.5) is 4.79 Å². The normalized spacial score (nSPS) is 15.9. The number of rotatable bonds is 7. The average molecular weight is 281 g/mol. The van der Waals surface area contributed by atoms with Crippen LogP contribution in [0.1, 0.15) is 39.5 Å². The third-order valence-corrected chi connectivity index (χ3v) is 3.33. The third kappa shape index (κ3) is 5.91. The number of hydrogen-bond donors (Lipinski definition) is 2. The molecule has 0 aromatic rings. The fourth-order valence-electron chi connectivity index (χ4n) is 1.99. The smallest absolute Gasteiger partial charge is 0.407 e. The lowest BCUT2D eigenvalue weighted by molar-refractivity contribution is -0.123. The van der Waals surface area contributed by atoms with Crippen molar-refractivity contribution < 1.29 is 14.3 Å². The zero-order valence-corrected chi connectivity index (χ0v) is 12.1. The molecule has 0 heterocycles. The first-order valence-electron chi connectivity index (χ1n) is 7.11. The summed E-state index contributed by atoms with van der Waals surface area (Å²) in [4.78, 5) is 23.5. The standard InChI is InChI=1S/C14H23N3O3/c1-10(2)8-12(13(18)16-7-6-15)17-14(19)20-9-11-4-3-5-11/h10-12H,3-5,7-9H2,1-2H3,(H,16,18)(H,17,19)/t12-/m0/s1. The van der Waals surface area contributed by atoms with Gasteiger partial charge in [-0.1, -0.05) is 20.3 Å². The molecule has 6 heteroatoms. The lowest BCUT2D eigenvalue weighted by atomic mass is 9.86. The van der Waals surface area contributed by atoms with Crippen LogP contribution in [-0.2, 0) is 9.53 Å². The highest BCUT2D eigenvalue weighted by atomic mass is 16.5. The monoisotopic (exact) mass is 281 g/mol. The Hall–Kier alpha value is -1.77. The minimum atomic E-state index is -0.655. The van der Waals surface area contributed by atoms with Crippen LogP contribution in [0, 0.1) is 23.2 Å². The van der Waals surface area contributed by atoms with Crippen molar-refractivity contribution in [3.8, 4) is 6.07 Å². The number of ether oxygens (including phenoxy) is 1. The number of amides is 2. The predicted octanol–water partition coefficient (Wildman–Crippen LogP) is 1.57. The zero-order chi connectivity index (χ0) is 15.0. The first-order chi connectivity index (χ1) is 9.52. The summed E-state index contributed by atoms with van der Waals surface area (Å²) in [6.45, 7) is 4.28. The van der Waals surface area contributed by atoms with Crippen LogP contribution in [0.25, 0.3) is 0 Å². The molecule has 1 saturated carbocycles. The van der Waals surface area contributed by atoms with Gasteiger partial charge in [-0.05, 0) is 31.1 Å². The maximum atomic E-state index is 11.8. The Labute approximate surface area is 119 Å². The van der Waals surface area contributed by atoms with Gasteiger partial charge in [0.15, 0.2) is 0 Å². The lowest BCUT2D eigenvalue weighted by Gasteiger charge is -2.25. The highest BCUT2D eigenvalue weighted by Crippen LogP contribution is 2.26. The number of nitrogens with one attached hydrogen (secondary N) is 2. The van der Waals surface area contributed by atoms with Crippen molar-refractivity contribution in [2.45, 2.75) is 45.6 Å². The molecule has 1 aliphatic carbocycles. The van der Waals surface area contributed by atoms with E-state index in [1.807, 2.05) is 19.9 Å². The fraction of sp³-hybridized carbons (Fsp3) is 0.786. The van der Waals surface area contributed by atoms with Crippen molar-refractivity contribution in [2.24, 2.45) is 11.8 Å². The van der Waals surface area contributed by atoms with Gasteiger partial charge in [0.1, 0.15) is 12.6 Å². The number of carbonyl (C=O) groups excluding carboxylic acids is 2. The van der Waals surface area contributed by atoms with Gasteiger partial charge in [-0.3, -0.25) is 4.79 Å². The quantitative estimate of drug-likeness (QED) is 0.693. The van der Waals surface area contributed by atoms with E-state index in [2.05, 4.69) is 10.6 Å². The molecule has 6 nitrogen and oxygen atoms in total. The van der Waals surface area contributed by atoms with Gasteiger partial charge in [0.2, 0.25) is 5.91 Å². The topological polar surface area (TPSA) is 91.2 Å². The van der Waals surface area contributed by atoms with E-state index in [1.54, 1.807) is 0 Å². The van der Waals surface area contributed by atoms with Crippen LogP contribution >= 0.6 is 0 Å². The van der Waals surface area contributed by atoms with Gasteiger partial charge in [0, 0.05) is 0 Å². The molecule has 1 aliphatic rings. The highest BCUT2D eigenvalue weighted by Gasteiger charge is 2.24. The molecule has 1 rings (SSSR count). The molecule has 112 valence electrons. The maximum absolute atomic E-state index is 11.8. The molecule has 0 spiro atoms. The Morgan fingerprint density at radius 1 is 1.40 bits per heavy atom. The molecule has 0 saturated heterocycles. The second kappa shape index (κ2) is 8.41. The fourth-order valence-corrected chi connectivity index (χ4v) is 1.99. The molecular weight excluding hydrogens is 258 g/mol. The van der Waals surface area contributed by atoms with Crippen molar-refractivity contribution in [3.05, 3.63) is 0 Å². The number of alkyl carbamates (subject to hydrolysis) is 1. The SMILES string of the molecule is CC(C)C[C@H](NC(=O)OCC1CCC1)C(=O)NCC#N. The van der Waals surface area contributed by atoms with Gasteiger partial charge in [-0.15, -0.1) is 0 Å². The van der Waals surface area contributed by atoms with Crippen LogP contribution in [0.15, 0.2) is 0 Å². The second-order valence-electron chi connectivity index (χ2n) is 5.60. The minimum Gasteiger partial charge on any atom is -0.449 e. The van der Waals surface area contributed by atoms with Crippen molar-refractivity contribution in [1.29, 1.82) is 5.26 Å². The minimum absolute atomic E-state index is 0.0633. The van der Waals surface area contributed by atoms with Crippen molar-refractivity contribution in [2.75, 3.05) is 13.2 Å². The van der Waals surface area contributed by atoms with Gasteiger partial charge in [-0.2, -0.15) is 5.26 Å². The number of nitriles is 1. The van der Waals surface area contributed by atoms with E-state index >= 15 is 0 Å². The molecule has 0 aromatic carbocycles. The van der Waals surface area contributed by atoms with Gasteiger partial charge in [-0.25, -0.2) is 4.79 Å². The summed E-state index contributed by atoms with van der Waals surface area (Å²) in [5.41, 5.74) is 0. The largest absolute Gasteiger partial charge is 0.449 e. The second-order valence-corrected chi connectivity index (χ2v) is 5.60. The maximum Gasteiger partial charge on any atom is 0.407 e. The van der Waals surface area contributed by atoms with Gasteiger partial charge in [0.05, 0.1) is 12.7 Å². The highest BCUT2D eigenvalue weighted by molar-refractivity contribution is 5.85. The number of nitrogens with zero attached hydrogens (tertiary/aromatic N) is 1. The van der Waals surface area contributed by atoms with Gasteiger partial charge in [0.25, 0.3) is 0 Å². The van der Waals surface area contributed by atoms with Gasteiger partial charge >= 0.3 is 6.09 Å².